The van der Waals surface area contributed by atoms with Gasteiger partial charge in [0.1, 0.15) is 0 Å². The van der Waals surface area contributed by atoms with Crippen LogP contribution in [0.2, 0.25) is 5.02 Å². The summed E-state index contributed by atoms with van der Waals surface area (Å²) in [5, 5.41) is 14.7. The average Bonchev–Trinajstić information content (AvgIpc) is 2.85. The average molecular weight is 311 g/mol. The largest absolute Gasteiger partial charge is 0.388 e. The van der Waals surface area contributed by atoms with E-state index in [2.05, 4.69) is 36.2 Å². The van der Waals surface area contributed by atoms with Crippen molar-refractivity contribution in [3.8, 4) is 0 Å². The SMILES string of the molecule is CCNC(C)c1ccc(N(C)CC2(O)CCCC2)c(Cl)c1. The Kier molecular flexibility index (Phi) is 5.53. The highest BCUT2D eigenvalue weighted by Gasteiger charge is 2.32. The smallest absolute Gasteiger partial charge is 0.0821 e. The third kappa shape index (κ3) is 4.12. The van der Waals surface area contributed by atoms with Crippen LogP contribution in [0.3, 0.4) is 0 Å². The summed E-state index contributed by atoms with van der Waals surface area (Å²) < 4.78 is 0. The molecule has 0 aliphatic heterocycles. The van der Waals surface area contributed by atoms with E-state index in [4.69, 9.17) is 11.6 Å². The van der Waals surface area contributed by atoms with Crippen LogP contribution in [-0.2, 0) is 0 Å². The standard InChI is InChI=1S/C17H27ClN2O/c1-4-19-13(2)14-7-8-16(15(18)11-14)20(3)12-17(21)9-5-6-10-17/h7-8,11,13,19,21H,4-6,9-10,12H2,1-3H3. The van der Waals surface area contributed by atoms with Crippen molar-refractivity contribution in [2.75, 3.05) is 25.0 Å². The zero-order valence-corrected chi connectivity index (χ0v) is 14.1. The van der Waals surface area contributed by atoms with Crippen LogP contribution in [0.25, 0.3) is 0 Å². The first-order valence-electron chi connectivity index (χ1n) is 7.91. The van der Waals surface area contributed by atoms with Crippen LogP contribution in [0.5, 0.6) is 0 Å². The summed E-state index contributed by atoms with van der Waals surface area (Å²) >= 11 is 6.45. The number of likely N-dealkylation sites (N-methyl/N-ethyl adjacent to an activating group) is 1. The first kappa shape index (κ1) is 16.6. The maximum Gasteiger partial charge on any atom is 0.0821 e. The minimum absolute atomic E-state index is 0.297. The lowest BCUT2D eigenvalue weighted by Gasteiger charge is -2.30. The predicted octanol–water partition coefficient (Wildman–Crippen LogP) is 3.75. The lowest BCUT2D eigenvalue weighted by molar-refractivity contribution is 0.0559. The fraction of sp³-hybridized carbons (Fsp3) is 0.647. The van der Waals surface area contributed by atoms with Crippen molar-refractivity contribution in [2.45, 2.75) is 51.2 Å². The van der Waals surface area contributed by atoms with Gasteiger partial charge in [-0.2, -0.15) is 0 Å². The van der Waals surface area contributed by atoms with Gasteiger partial charge in [-0.15, -0.1) is 0 Å². The molecule has 0 heterocycles. The van der Waals surface area contributed by atoms with Crippen molar-refractivity contribution in [3.63, 3.8) is 0 Å². The summed E-state index contributed by atoms with van der Waals surface area (Å²) in [6, 6.07) is 6.50. The van der Waals surface area contributed by atoms with Gasteiger partial charge in [-0.3, -0.25) is 0 Å². The van der Waals surface area contributed by atoms with E-state index in [1.807, 2.05) is 13.1 Å². The summed E-state index contributed by atoms with van der Waals surface area (Å²) in [6.07, 6.45) is 4.03. The Morgan fingerprint density at radius 3 is 2.62 bits per heavy atom. The van der Waals surface area contributed by atoms with Gasteiger partial charge >= 0.3 is 0 Å². The van der Waals surface area contributed by atoms with Gasteiger partial charge < -0.3 is 15.3 Å². The first-order valence-corrected chi connectivity index (χ1v) is 8.29. The van der Waals surface area contributed by atoms with Crippen molar-refractivity contribution in [2.24, 2.45) is 0 Å². The molecule has 118 valence electrons. The van der Waals surface area contributed by atoms with Gasteiger partial charge in [-0.25, -0.2) is 0 Å². The number of halogens is 1. The Balaban J connectivity index is 2.09. The van der Waals surface area contributed by atoms with Crippen molar-refractivity contribution in [1.82, 2.24) is 5.32 Å². The first-order chi connectivity index (χ1) is 9.95. The number of aliphatic hydroxyl groups is 1. The summed E-state index contributed by atoms with van der Waals surface area (Å²) in [4.78, 5) is 2.08. The summed E-state index contributed by atoms with van der Waals surface area (Å²) in [5.41, 5.74) is 1.64. The molecule has 1 aromatic carbocycles. The maximum atomic E-state index is 10.5. The van der Waals surface area contributed by atoms with Gasteiger partial charge in [-0.05, 0) is 44.0 Å². The molecule has 1 saturated carbocycles. The molecule has 0 radical (unpaired) electrons. The van der Waals surface area contributed by atoms with E-state index >= 15 is 0 Å². The zero-order chi connectivity index (χ0) is 15.5. The Labute approximate surface area is 133 Å². The molecule has 1 aromatic rings. The number of benzene rings is 1. The number of anilines is 1. The van der Waals surface area contributed by atoms with Crippen molar-refractivity contribution >= 4 is 17.3 Å². The molecule has 2 N–H and O–H groups in total. The van der Waals surface area contributed by atoms with E-state index in [9.17, 15) is 5.11 Å². The molecule has 0 amide bonds. The van der Waals surface area contributed by atoms with Gasteiger partial charge in [-0.1, -0.05) is 37.4 Å². The second-order valence-electron chi connectivity index (χ2n) is 6.28. The molecule has 1 unspecified atom stereocenters. The van der Waals surface area contributed by atoms with Gasteiger partial charge in [0.05, 0.1) is 16.3 Å². The molecule has 0 spiro atoms. The minimum Gasteiger partial charge on any atom is -0.388 e. The molecule has 21 heavy (non-hydrogen) atoms. The molecule has 1 aliphatic carbocycles. The quantitative estimate of drug-likeness (QED) is 0.840. The van der Waals surface area contributed by atoms with Crippen LogP contribution in [0.15, 0.2) is 18.2 Å². The van der Waals surface area contributed by atoms with E-state index in [1.165, 1.54) is 5.56 Å². The Bertz CT molecular complexity index is 472. The van der Waals surface area contributed by atoms with Crippen LogP contribution in [-0.4, -0.2) is 30.8 Å². The second-order valence-corrected chi connectivity index (χ2v) is 6.68. The van der Waals surface area contributed by atoms with Crippen LogP contribution in [0, 0.1) is 0 Å². The predicted molar refractivity (Wildman–Crippen MR) is 90.2 cm³/mol. The molecular formula is C17H27ClN2O. The van der Waals surface area contributed by atoms with E-state index in [0.29, 0.717) is 12.6 Å². The molecule has 1 aliphatic rings. The topological polar surface area (TPSA) is 35.5 Å². The summed E-state index contributed by atoms with van der Waals surface area (Å²) in [7, 11) is 2.00. The Hall–Kier alpha value is -0.770. The second kappa shape index (κ2) is 6.99. The molecule has 0 bridgehead atoms. The van der Waals surface area contributed by atoms with Crippen LogP contribution in [0.1, 0.15) is 51.1 Å². The number of nitrogens with one attached hydrogen (secondary N) is 1. The highest BCUT2D eigenvalue weighted by molar-refractivity contribution is 6.33. The number of nitrogens with zero attached hydrogens (tertiary/aromatic N) is 1. The van der Waals surface area contributed by atoms with Gasteiger partial charge in [0.15, 0.2) is 0 Å². The van der Waals surface area contributed by atoms with Crippen LogP contribution in [0.4, 0.5) is 5.69 Å². The third-order valence-corrected chi connectivity index (χ3v) is 4.76. The van der Waals surface area contributed by atoms with Crippen molar-refractivity contribution in [3.05, 3.63) is 28.8 Å². The normalized spacial score (nSPS) is 18.7. The molecule has 3 nitrogen and oxygen atoms in total. The van der Waals surface area contributed by atoms with E-state index in [1.54, 1.807) is 0 Å². The van der Waals surface area contributed by atoms with Crippen molar-refractivity contribution < 1.29 is 5.11 Å². The molecule has 0 aromatic heterocycles. The molecule has 1 fully saturated rings. The molecule has 4 heteroatoms. The fourth-order valence-corrected chi connectivity index (χ4v) is 3.58. The Morgan fingerprint density at radius 2 is 2.05 bits per heavy atom. The Morgan fingerprint density at radius 1 is 1.38 bits per heavy atom. The number of hydrogen-bond acceptors (Lipinski definition) is 3. The van der Waals surface area contributed by atoms with E-state index in [0.717, 1.165) is 42.9 Å². The molecule has 2 rings (SSSR count). The van der Waals surface area contributed by atoms with Crippen LogP contribution < -0.4 is 10.2 Å². The summed E-state index contributed by atoms with van der Waals surface area (Å²) in [5.74, 6) is 0. The highest BCUT2D eigenvalue weighted by atomic mass is 35.5. The number of hydrogen-bond donors (Lipinski definition) is 2. The highest BCUT2D eigenvalue weighted by Crippen LogP contribution is 2.34. The lowest BCUT2D eigenvalue weighted by Crippen LogP contribution is -2.39. The lowest BCUT2D eigenvalue weighted by atomic mass is 10.0. The number of rotatable bonds is 6. The molecule has 0 saturated heterocycles. The zero-order valence-electron chi connectivity index (χ0n) is 13.3. The van der Waals surface area contributed by atoms with Gasteiger partial charge in [0, 0.05) is 19.6 Å². The van der Waals surface area contributed by atoms with Crippen LogP contribution >= 0.6 is 11.6 Å². The maximum absolute atomic E-state index is 10.5. The minimum atomic E-state index is -0.548. The molecular weight excluding hydrogens is 284 g/mol. The molecule has 1 atom stereocenters. The van der Waals surface area contributed by atoms with Gasteiger partial charge in [0.2, 0.25) is 0 Å². The summed E-state index contributed by atoms with van der Waals surface area (Å²) in [6.45, 7) is 5.82. The van der Waals surface area contributed by atoms with E-state index < -0.39 is 5.60 Å². The van der Waals surface area contributed by atoms with Gasteiger partial charge in [0.25, 0.3) is 0 Å². The fourth-order valence-electron chi connectivity index (χ4n) is 3.24. The van der Waals surface area contributed by atoms with E-state index in [-0.39, 0.29) is 0 Å². The third-order valence-electron chi connectivity index (χ3n) is 4.46. The van der Waals surface area contributed by atoms with Crippen molar-refractivity contribution in [1.29, 1.82) is 0 Å². The monoisotopic (exact) mass is 310 g/mol.